The van der Waals surface area contributed by atoms with Gasteiger partial charge in [0.15, 0.2) is 12.0 Å². The third-order valence-corrected chi connectivity index (χ3v) is 9.01. The Bertz CT molecular complexity index is 1290. The number of amides is 3. The van der Waals surface area contributed by atoms with E-state index in [-0.39, 0.29) is 36.5 Å². The zero-order valence-electron chi connectivity index (χ0n) is 22.7. The van der Waals surface area contributed by atoms with Crippen molar-refractivity contribution in [2.45, 2.75) is 68.1 Å². The third kappa shape index (κ3) is 3.84. The molecule has 0 radical (unpaired) electrons. The molecule has 1 aromatic carbocycles. The van der Waals surface area contributed by atoms with Crippen LogP contribution in [0.5, 0.6) is 5.75 Å². The summed E-state index contributed by atoms with van der Waals surface area (Å²) >= 11 is 0. The molecule has 1 aromatic rings. The van der Waals surface area contributed by atoms with Crippen LogP contribution in [-0.4, -0.2) is 106 Å². The van der Waals surface area contributed by atoms with Crippen molar-refractivity contribution in [3.05, 3.63) is 29.3 Å². The monoisotopic (exact) mass is 556 g/mol. The second-order valence-corrected chi connectivity index (χ2v) is 11.9. The fraction of sp³-hybridized carbons (Fsp3) is 0.615. The number of likely N-dealkylation sites (tertiary alicyclic amines) is 1. The Morgan fingerprint density at radius 2 is 2.00 bits per heavy atom. The van der Waals surface area contributed by atoms with Crippen molar-refractivity contribution >= 4 is 23.9 Å². The Kier molecular flexibility index (Phi) is 6.03. The Labute approximate surface area is 231 Å². The predicted molar refractivity (Wildman–Crippen MR) is 144 cm³/mol. The molecule has 5 aliphatic heterocycles. The van der Waals surface area contributed by atoms with Crippen molar-refractivity contribution in [1.29, 1.82) is 0 Å². The van der Waals surface area contributed by atoms with Gasteiger partial charge in [-0.25, -0.2) is 15.1 Å². The van der Waals surface area contributed by atoms with Crippen LogP contribution in [0.3, 0.4) is 0 Å². The summed E-state index contributed by atoms with van der Waals surface area (Å²) in [4.78, 5) is 37.1. The van der Waals surface area contributed by atoms with Crippen molar-refractivity contribution in [3.63, 3.8) is 0 Å². The van der Waals surface area contributed by atoms with Crippen LogP contribution in [0.25, 0.3) is 0 Å². The first-order chi connectivity index (χ1) is 19.0. The first-order valence-corrected chi connectivity index (χ1v) is 13.8. The molecule has 2 unspecified atom stereocenters. The lowest BCUT2D eigenvalue weighted by Crippen LogP contribution is -2.90. The van der Waals surface area contributed by atoms with Crippen molar-refractivity contribution in [2.24, 2.45) is 16.5 Å². The molecule has 1 spiro atoms. The SMILES string of the molecule is CC1(C)CCOc2c(C(=O)NC3CN4C(N)=N[C@@H](CNC(=O)N5CCCC5)[C@@H]5[NH+]=C(N)NC54C3(O)O)cccc21. The number of aliphatic imine (C=N–C) groups is 1. The van der Waals surface area contributed by atoms with Crippen molar-refractivity contribution in [1.82, 2.24) is 25.8 Å². The summed E-state index contributed by atoms with van der Waals surface area (Å²) in [6, 6.07) is 2.54. The normalized spacial score (nSPS) is 31.1. The van der Waals surface area contributed by atoms with Gasteiger partial charge in [-0.3, -0.25) is 20.4 Å². The highest BCUT2D eigenvalue weighted by Gasteiger charge is 2.76. The average molecular weight is 557 g/mol. The molecule has 6 rings (SSSR count). The molecule has 5 aliphatic rings. The van der Waals surface area contributed by atoms with Crippen LogP contribution in [0.1, 0.15) is 49.0 Å². The fourth-order valence-electron chi connectivity index (χ4n) is 6.75. The number of carbonyl (C=O) groups is 2. The molecule has 10 N–H and O–H groups in total. The Morgan fingerprint density at radius 1 is 1.25 bits per heavy atom. The molecule has 40 heavy (non-hydrogen) atoms. The lowest BCUT2D eigenvalue weighted by Gasteiger charge is -2.46. The summed E-state index contributed by atoms with van der Waals surface area (Å²) in [5.41, 5.74) is 11.9. The number of benzene rings is 1. The predicted octanol–water partition coefficient (Wildman–Crippen LogP) is -3.59. The molecule has 3 amide bonds. The van der Waals surface area contributed by atoms with Gasteiger partial charge in [0.05, 0.1) is 18.7 Å². The fourth-order valence-corrected chi connectivity index (χ4v) is 6.75. The highest BCUT2D eigenvalue weighted by atomic mass is 16.5. The number of guanidine groups is 2. The maximum Gasteiger partial charge on any atom is 0.343 e. The van der Waals surface area contributed by atoms with E-state index in [1.165, 1.54) is 4.90 Å². The van der Waals surface area contributed by atoms with Gasteiger partial charge in [0.2, 0.25) is 5.79 Å². The molecule has 14 heteroatoms. The minimum absolute atomic E-state index is 0.0343. The van der Waals surface area contributed by atoms with E-state index in [1.807, 2.05) is 6.07 Å². The van der Waals surface area contributed by atoms with Gasteiger partial charge in [0.25, 0.3) is 11.6 Å². The lowest BCUT2D eigenvalue weighted by atomic mass is 9.79. The van der Waals surface area contributed by atoms with Crippen molar-refractivity contribution < 1.29 is 29.5 Å². The molecule has 2 saturated heterocycles. The standard InChI is InChI=1S/C26H37N9O5/c1-24(2)8-11-40-18-14(6-5-7-15(18)24)20(36)31-17-13-35-22(28)30-16(12-29-23(37)34-9-3-4-10-34)19-25(35,26(17,38)39)33-21(27)32-19/h5-7,16-17,19,38-39H,3-4,8-13H2,1-2H3,(H2,28,30)(H,29,37)(H,31,36)(H3,27,32,33)/p+1/t16-,17?,19-,25?/m0/s1. The molecule has 0 aliphatic carbocycles. The Balaban J connectivity index is 1.26. The largest absolute Gasteiger partial charge is 0.492 e. The number of para-hydroxylation sites is 1. The summed E-state index contributed by atoms with van der Waals surface area (Å²) in [5.74, 6) is -2.42. The number of hydrogen-bond acceptors (Lipinski definition) is 10. The molecule has 5 heterocycles. The van der Waals surface area contributed by atoms with Gasteiger partial charge in [-0.2, -0.15) is 0 Å². The molecule has 0 aromatic heterocycles. The van der Waals surface area contributed by atoms with E-state index in [9.17, 15) is 19.8 Å². The maximum absolute atomic E-state index is 13.6. The number of rotatable bonds is 4. The van der Waals surface area contributed by atoms with Crippen LogP contribution in [0.2, 0.25) is 0 Å². The number of nitrogens with two attached hydrogens (primary N) is 2. The number of nitrogens with one attached hydrogen (secondary N) is 4. The van der Waals surface area contributed by atoms with E-state index < -0.39 is 35.5 Å². The highest BCUT2D eigenvalue weighted by Crippen LogP contribution is 2.43. The molecule has 0 saturated carbocycles. The second kappa shape index (κ2) is 9.13. The Morgan fingerprint density at radius 3 is 2.75 bits per heavy atom. The van der Waals surface area contributed by atoms with Crippen LogP contribution >= 0.6 is 0 Å². The summed E-state index contributed by atoms with van der Waals surface area (Å²) in [5, 5.41) is 32.1. The van der Waals surface area contributed by atoms with Gasteiger partial charge < -0.3 is 36.2 Å². The molecule has 0 bridgehead atoms. The third-order valence-electron chi connectivity index (χ3n) is 9.01. The van der Waals surface area contributed by atoms with E-state index in [4.69, 9.17) is 16.2 Å². The summed E-state index contributed by atoms with van der Waals surface area (Å²) < 4.78 is 5.90. The van der Waals surface area contributed by atoms with E-state index in [1.54, 1.807) is 17.0 Å². The van der Waals surface area contributed by atoms with Gasteiger partial charge in [0.1, 0.15) is 17.8 Å². The van der Waals surface area contributed by atoms with Crippen LogP contribution < -0.4 is 37.1 Å². The van der Waals surface area contributed by atoms with E-state index in [2.05, 4.69) is 39.8 Å². The molecule has 14 nitrogen and oxygen atoms in total. The Hall–Kier alpha value is -3.78. The number of urea groups is 1. The minimum atomic E-state index is -2.55. The quantitative estimate of drug-likeness (QED) is 0.172. The van der Waals surface area contributed by atoms with Crippen molar-refractivity contribution in [3.8, 4) is 5.75 Å². The number of nitrogens with zero attached hydrogens (tertiary/aromatic N) is 3. The van der Waals surface area contributed by atoms with E-state index in [0.717, 1.165) is 24.8 Å². The van der Waals surface area contributed by atoms with Gasteiger partial charge >= 0.3 is 12.0 Å². The molecular weight excluding hydrogens is 518 g/mol. The summed E-state index contributed by atoms with van der Waals surface area (Å²) in [7, 11) is 0. The first-order valence-electron chi connectivity index (χ1n) is 13.8. The lowest BCUT2D eigenvalue weighted by molar-refractivity contribution is -0.521. The zero-order chi connectivity index (χ0) is 28.4. The smallest absolute Gasteiger partial charge is 0.343 e. The summed E-state index contributed by atoms with van der Waals surface area (Å²) in [6.45, 7) is 6.09. The van der Waals surface area contributed by atoms with Gasteiger partial charge in [-0.05, 0) is 30.7 Å². The second-order valence-electron chi connectivity index (χ2n) is 11.9. The topological polar surface area (TPSA) is 205 Å². The van der Waals surface area contributed by atoms with Crippen molar-refractivity contribution in [2.75, 3.05) is 32.8 Å². The number of aliphatic hydroxyl groups is 2. The van der Waals surface area contributed by atoms with E-state index >= 15 is 0 Å². The number of fused-ring (bicyclic) bond motifs is 1. The van der Waals surface area contributed by atoms with Crippen LogP contribution in [-0.2, 0) is 5.41 Å². The maximum atomic E-state index is 13.6. The summed E-state index contributed by atoms with van der Waals surface area (Å²) in [6.07, 6.45) is 2.73. The first kappa shape index (κ1) is 26.4. The van der Waals surface area contributed by atoms with E-state index in [0.29, 0.717) is 31.0 Å². The van der Waals surface area contributed by atoms with Crippen LogP contribution in [0.4, 0.5) is 4.79 Å². The minimum Gasteiger partial charge on any atom is -0.492 e. The number of ether oxygens (including phenoxy) is 1. The number of carbonyl (C=O) groups excluding carboxylic acids is 2. The molecule has 4 atom stereocenters. The highest BCUT2D eigenvalue weighted by molar-refractivity contribution is 5.98. The molecule has 2 fully saturated rings. The van der Waals surface area contributed by atoms with Gasteiger partial charge in [-0.15, -0.1) is 0 Å². The zero-order valence-corrected chi connectivity index (χ0v) is 22.7. The molecule has 216 valence electrons. The van der Waals surface area contributed by atoms with Crippen LogP contribution in [0.15, 0.2) is 23.2 Å². The average Bonchev–Trinajstić information content (AvgIpc) is 3.61. The molecular formula is C26H38N9O5+. The van der Waals surface area contributed by atoms with Gasteiger partial charge in [0, 0.05) is 25.2 Å². The number of hydrogen-bond donors (Lipinski definition) is 8. The van der Waals surface area contributed by atoms with Gasteiger partial charge in [-0.1, -0.05) is 26.0 Å². The van der Waals surface area contributed by atoms with Crippen LogP contribution in [0, 0.1) is 0 Å².